The van der Waals surface area contributed by atoms with Gasteiger partial charge in [-0.25, -0.2) is 4.98 Å². The zero-order valence-corrected chi connectivity index (χ0v) is 11.9. The monoisotopic (exact) mass is 282 g/mol. The highest BCUT2D eigenvalue weighted by Gasteiger charge is 2.14. The van der Waals surface area contributed by atoms with Gasteiger partial charge < -0.3 is 15.3 Å². The molecule has 0 aliphatic carbocycles. The molecule has 108 valence electrons. The van der Waals surface area contributed by atoms with Crippen LogP contribution in [0.15, 0.2) is 36.7 Å². The number of benzene rings is 1. The summed E-state index contributed by atoms with van der Waals surface area (Å²) in [4.78, 5) is 22.8. The van der Waals surface area contributed by atoms with Gasteiger partial charge in [0.2, 0.25) is 0 Å². The molecule has 21 heavy (non-hydrogen) atoms. The molecule has 0 fully saturated rings. The Morgan fingerprint density at radius 2 is 2.19 bits per heavy atom. The van der Waals surface area contributed by atoms with Crippen molar-refractivity contribution in [3.63, 3.8) is 0 Å². The van der Waals surface area contributed by atoms with E-state index in [1.54, 1.807) is 6.20 Å². The SMILES string of the molecule is Cc1[nH]c2ccccc2c1C(=O)NCCCc1ncc[nH]1. The fraction of sp³-hybridized carbons (Fsp3) is 0.250. The molecule has 5 nitrogen and oxygen atoms in total. The lowest BCUT2D eigenvalue weighted by molar-refractivity contribution is 0.0954. The third-order valence-corrected chi connectivity index (χ3v) is 3.55. The summed E-state index contributed by atoms with van der Waals surface area (Å²) in [6.07, 6.45) is 5.24. The van der Waals surface area contributed by atoms with Gasteiger partial charge in [0, 0.05) is 42.0 Å². The molecule has 0 spiro atoms. The Kier molecular flexibility index (Phi) is 3.73. The van der Waals surface area contributed by atoms with E-state index in [2.05, 4.69) is 20.3 Å². The first-order chi connectivity index (χ1) is 10.3. The molecule has 3 rings (SSSR count). The normalized spacial score (nSPS) is 10.9. The summed E-state index contributed by atoms with van der Waals surface area (Å²) in [5.74, 6) is 0.928. The highest BCUT2D eigenvalue weighted by atomic mass is 16.1. The Bertz CT molecular complexity index is 743. The van der Waals surface area contributed by atoms with Gasteiger partial charge in [-0.1, -0.05) is 18.2 Å². The number of amides is 1. The first kappa shape index (κ1) is 13.4. The molecular formula is C16H18N4O. The quantitative estimate of drug-likeness (QED) is 0.629. The summed E-state index contributed by atoms with van der Waals surface area (Å²) in [6, 6.07) is 7.86. The van der Waals surface area contributed by atoms with Gasteiger partial charge in [-0.05, 0) is 19.4 Å². The first-order valence-electron chi connectivity index (χ1n) is 7.09. The van der Waals surface area contributed by atoms with E-state index in [1.807, 2.05) is 37.4 Å². The second-order valence-electron chi connectivity index (χ2n) is 5.07. The molecule has 0 aliphatic heterocycles. The highest BCUT2D eigenvalue weighted by Crippen LogP contribution is 2.21. The van der Waals surface area contributed by atoms with E-state index in [4.69, 9.17) is 0 Å². The Morgan fingerprint density at radius 1 is 1.33 bits per heavy atom. The second-order valence-corrected chi connectivity index (χ2v) is 5.07. The van der Waals surface area contributed by atoms with Gasteiger partial charge in [0.1, 0.15) is 5.82 Å². The molecule has 2 heterocycles. The van der Waals surface area contributed by atoms with Gasteiger partial charge in [0.25, 0.3) is 5.91 Å². The van der Waals surface area contributed by atoms with E-state index >= 15 is 0 Å². The number of imidazole rings is 1. The summed E-state index contributed by atoms with van der Waals surface area (Å²) < 4.78 is 0. The number of para-hydroxylation sites is 1. The summed E-state index contributed by atoms with van der Waals surface area (Å²) in [5.41, 5.74) is 2.64. The molecule has 0 radical (unpaired) electrons. The number of hydrogen-bond acceptors (Lipinski definition) is 2. The van der Waals surface area contributed by atoms with Gasteiger partial charge >= 0.3 is 0 Å². The number of rotatable bonds is 5. The van der Waals surface area contributed by atoms with Crippen molar-refractivity contribution < 1.29 is 4.79 Å². The summed E-state index contributed by atoms with van der Waals surface area (Å²) >= 11 is 0. The van der Waals surface area contributed by atoms with Crippen molar-refractivity contribution in [1.82, 2.24) is 20.3 Å². The van der Waals surface area contributed by atoms with Crippen molar-refractivity contribution >= 4 is 16.8 Å². The minimum atomic E-state index is -0.0237. The second kappa shape index (κ2) is 5.83. The van der Waals surface area contributed by atoms with Gasteiger partial charge in [0.15, 0.2) is 0 Å². The van der Waals surface area contributed by atoms with E-state index < -0.39 is 0 Å². The van der Waals surface area contributed by atoms with E-state index in [0.717, 1.165) is 40.8 Å². The molecule has 1 amide bonds. The maximum Gasteiger partial charge on any atom is 0.253 e. The molecule has 0 unspecified atom stereocenters. The van der Waals surface area contributed by atoms with Crippen LogP contribution in [-0.4, -0.2) is 27.4 Å². The number of carbonyl (C=O) groups is 1. The Morgan fingerprint density at radius 3 is 3.00 bits per heavy atom. The van der Waals surface area contributed by atoms with Gasteiger partial charge in [-0.3, -0.25) is 4.79 Å². The van der Waals surface area contributed by atoms with Crippen LogP contribution < -0.4 is 5.32 Å². The third-order valence-electron chi connectivity index (χ3n) is 3.55. The molecule has 0 bridgehead atoms. The van der Waals surface area contributed by atoms with Crippen LogP contribution in [0, 0.1) is 6.92 Å². The minimum Gasteiger partial charge on any atom is -0.358 e. The van der Waals surface area contributed by atoms with Crippen molar-refractivity contribution in [3.8, 4) is 0 Å². The number of aryl methyl sites for hydroxylation is 2. The number of H-pyrrole nitrogens is 2. The smallest absolute Gasteiger partial charge is 0.253 e. The topological polar surface area (TPSA) is 73.6 Å². The fourth-order valence-corrected chi connectivity index (χ4v) is 2.55. The molecule has 3 aromatic rings. The Balaban J connectivity index is 1.63. The molecule has 0 aliphatic rings. The summed E-state index contributed by atoms with van der Waals surface area (Å²) in [6.45, 7) is 2.57. The number of nitrogens with zero attached hydrogens (tertiary/aromatic N) is 1. The summed E-state index contributed by atoms with van der Waals surface area (Å²) in [5, 5.41) is 3.95. The predicted octanol–water partition coefficient (Wildman–Crippen LogP) is 2.56. The van der Waals surface area contributed by atoms with E-state index in [-0.39, 0.29) is 5.91 Å². The van der Waals surface area contributed by atoms with E-state index in [1.165, 1.54) is 0 Å². The average Bonchev–Trinajstić information content (AvgIpc) is 3.09. The Labute approximate surface area is 122 Å². The molecule has 2 aromatic heterocycles. The van der Waals surface area contributed by atoms with E-state index in [0.29, 0.717) is 6.54 Å². The van der Waals surface area contributed by atoms with Crippen LogP contribution in [0.5, 0.6) is 0 Å². The molecular weight excluding hydrogens is 264 g/mol. The van der Waals surface area contributed by atoms with Crippen molar-refractivity contribution in [3.05, 3.63) is 53.7 Å². The summed E-state index contributed by atoms with van der Waals surface area (Å²) in [7, 11) is 0. The molecule has 1 aromatic carbocycles. The number of carbonyl (C=O) groups excluding carboxylic acids is 1. The lowest BCUT2D eigenvalue weighted by Gasteiger charge is -2.05. The third kappa shape index (κ3) is 2.81. The maximum atomic E-state index is 12.3. The number of aromatic nitrogens is 3. The number of hydrogen-bond donors (Lipinski definition) is 3. The lowest BCUT2D eigenvalue weighted by atomic mass is 10.1. The van der Waals surface area contributed by atoms with Gasteiger partial charge in [-0.15, -0.1) is 0 Å². The van der Waals surface area contributed by atoms with Crippen molar-refractivity contribution in [2.24, 2.45) is 0 Å². The molecule has 0 saturated carbocycles. The van der Waals surface area contributed by atoms with Crippen LogP contribution in [0.25, 0.3) is 10.9 Å². The molecule has 5 heteroatoms. The standard InChI is InChI=1S/C16H18N4O/c1-11-15(12-5-2-3-6-13(12)20-11)16(21)19-8-4-7-14-17-9-10-18-14/h2-3,5-6,9-10,20H,4,7-8H2,1H3,(H,17,18)(H,19,21). The van der Waals surface area contributed by atoms with Crippen molar-refractivity contribution in [1.29, 1.82) is 0 Å². The van der Waals surface area contributed by atoms with Crippen LogP contribution >= 0.6 is 0 Å². The van der Waals surface area contributed by atoms with Crippen LogP contribution in [0.4, 0.5) is 0 Å². The van der Waals surface area contributed by atoms with Crippen LogP contribution in [-0.2, 0) is 6.42 Å². The number of fused-ring (bicyclic) bond motifs is 1. The van der Waals surface area contributed by atoms with Crippen LogP contribution in [0.1, 0.15) is 28.3 Å². The fourth-order valence-electron chi connectivity index (χ4n) is 2.55. The maximum absolute atomic E-state index is 12.3. The molecule has 3 N–H and O–H groups in total. The van der Waals surface area contributed by atoms with Crippen molar-refractivity contribution in [2.45, 2.75) is 19.8 Å². The zero-order chi connectivity index (χ0) is 14.7. The van der Waals surface area contributed by atoms with Gasteiger partial charge in [0.05, 0.1) is 5.56 Å². The van der Waals surface area contributed by atoms with Crippen LogP contribution in [0.2, 0.25) is 0 Å². The minimum absolute atomic E-state index is 0.0237. The van der Waals surface area contributed by atoms with Crippen LogP contribution in [0.3, 0.4) is 0 Å². The zero-order valence-electron chi connectivity index (χ0n) is 11.9. The number of aromatic amines is 2. The largest absolute Gasteiger partial charge is 0.358 e. The average molecular weight is 282 g/mol. The van der Waals surface area contributed by atoms with Gasteiger partial charge in [-0.2, -0.15) is 0 Å². The Hall–Kier alpha value is -2.56. The molecule has 0 atom stereocenters. The first-order valence-corrected chi connectivity index (χ1v) is 7.09. The van der Waals surface area contributed by atoms with E-state index in [9.17, 15) is 4.79 Å². The lowest BCUT2D eigenvalue weighted by Crippen LogP contribution is -2.25. The molecule has 0 saturated heterocycles. The highest BCUT2D eigenvalue weighted by molar-refractivity contribution is 6.08. The predicted molar refractivity (Wildman–Crippen MR) is 82.3 cm³/mol. The number of nitrogens with one attached hydrogen (secondary N) is 3. The van der Waals surface area contributed by atoms with Crippen molar-refractivity contribution in [2.75, 3.05) is 6.54 Å².